The van der Waals surface area contributed by atoms with Crippen LogP contribution in [0.5, 0.6) is 0 Å². The number of hydrogen-bond donors (Lipinski definition) is 3. The van der Waals surface area contributed by atoms with Gasteiger partial charge in [-0.05, 0) is 36.8 Å². The van der Waals surface area contributed by atoms with Gasteiger partial charge in [0.2, 0.25) is 0 Å². The molecule has 3 amide bonds. The topological polar surface area (TPSA) is 84.2 Å². The number of urea groups is 1. The van der Waals surface area contributed by atoms with Gasteiger partial charge in [0, 0.05) is 11.4 Å². The summed E-state index contributed by atoms with van der Waals surface area (Å²) in [6.45, 7) is 0.434. The first-order valence-electron chi connectivity index (χ1n) is 7.68. The fourth-order valence-electron chi connectivity index (χ4n) is 2.84. The summed E-state index contributed by atoms with van der Waals surface area (Å²) in [5, 5.41) is 6.15. The second-order valence-corrected chi connectivity index (χ2v) is 6.68. The molecule has 0 atom stereocenters. The van der Waals surface area contributed by atoms with Crippen LogP contribution in [0, 0.1) is 0 Å². The van der Waals surface area contributed by atoms with Crippen LogP contribution in [0.15, 0.2) is 30.3 Å². The highest BCUT2D eigenvalue weighted by Gasteiger charge is 2.24. The van der Waals surface area contributed by atoms with Crippen LogP contribution in [0.3, 0.4) is 0 Å². The number of aryl methyl sites for hydroxylation is 1. The predicted molar refractivity (Wildman–Crippen MR) is 91.8 cm³/mol. The number of thiophene rings is 1. The molecule has 1 aromatic carbocycles. The Kier molecular flexibility index (Phi) is 4.62. The fraction of sp³-hybridized carbons (Fsp3) is 0.294. The molecule has 23 heavy (non-hydrogen) atoms. The van der Waals surface area contributed by atoms with Crippen LogP contribution >= 0.6 is 11.3 Å². The number of nitrogens with two attached hydrogens (primary N) is 1. The molecular weight excluding hydrogens is 310 g/mol. The molecule has 2 aromatic rings. The van der Waals surface area contributed by atoms with Crippen LogP contribution in [0.2, 0.25) is 0 Å². The summed E-state index contributed by atoms with van der Waals surface area (Å²) in [5.74, 6) is -0.470. The average Bonchev–Trinajstić information content (AvgIpc) is 2.91. The van der Waals surface area contributed by atoms with Crippen molar-refractivity contribution < 1.29 is 9.59 Å². The highest BCUT2D eigenvalue weighted by Crippen LogP contribution is 2.37. The zero-order chi connectivity index (χ0) is 16.2. The second-order valence-electron chi connectivity index (χ2n) is 5.57. The smallest absolute Gasteiger partial charge is 0.320 e. The summed E-state index contributed by atoms with van der Waals surface area (Å²) in [6, 6.07) is 9.34. The molecule has 0 saturated heterocycles. The Labute approximate surface area is 138 Å². The predicted octanol–water partition coefficient (Wildman–Crippen LogP) is 3.05. The molecule has 0 saturated carbocycles. The first-order chi connectivity index (χ1) is 11.1. The van der Waals surface area contributed by atoms with E-state index in [1.165, 1.54) is 16.2 Å². The van der Waals surface area contributed by atoms with Crippen molar-refractivity contribution >= 4 is 28.3 Å². The number of anilines is 1. The number of nitrogens with one attached hydrogen (secondary N) is 2. The Morgan fingerprint density at radius 3 is 2.61 bits per heavy atom. The highest BCUT2D eigenvalue weighted by atomic mass is 32.1. The van der Waals surface area contributed by atoms with E-state index >= 15 is 0 Å². The van der Waals surface area contributed by atoms with Gasteiger partial charge < -0.3 is 11.1 Å². The molecule has 0 bridgehead atoms. The lowest BCUT2D eigenvalue weighted by Gasteiger charge is -2.11. The van der Waals surface area contributed by atoms with Crippen molar-refractivity contribution in [3.63, 3.8) is 0 Å². The number of benzene rings is 1. The zero-order valence-corrected chi connectivity index (χ0v) is 13.5. The number of fused-ring (bicyclic) bond motifs is 1. The Morgan fingerprint density at radius 2 is 1.87 bits per heavy atom. The van der Waals surface area contributed by atoms with E-state index in [0.717, 1.165) is 36.8 Å². The van der Waals surface area contributed by atoms with E-state index in [1.54, 1.807) is 0 Å². The molecule has 1 aliphatic carbocycles. The van der Waals surface area contributed by atoms with Crippen molar-refractivity contribution in [3.8, 4) is 0 Å². The maximum atomic E-state index is 12.1. The minimum atomic E-state index is -0.470. The average molecular weight is 329 g/mol. The molecular formula is C17H19N3O2S. The summed E-state index contributed by atoms with van der Waals surface area (Å²) in [6.07, 6.45) is 3.99. The van der Waals surface area contributed by atoms with E-state index in [-0.39, 0.29) is 6.03 Å². The first kappa shape index (κ1) is 15.6. The lowest BCUT2D eigenvalue weighted by Crippen LogP contribution is -2.29. The van der Waals surface area contributed by atoms with Crippen LogP contribution < -0.4 is 16.4 Å². The summed E-state index contributed by atoms with van der Waals surface area (Å²) in [4.78, 5) is 25.0. The van der Waals surface area contributed by atoms with E-state index in [1.807, 2.05) is 30.3 Å². The quantitative estimate of drug-likeness (QED) is 0.805. The minimum Gasteiger partial charge on any atom is -0.365 e. The van der Waals surface area contributed by atoms with E-state index in [0.29, 0.717) is 17.1 Å². The largest absolute Gasteiger partial charge is 0.365 e. The molecule has 1 aromatic heterocycles. The SMILES string of the molecule is NC(=O)c1c(NC(=O)NCc2ccccc2)sc2c1CCCC2. The number of carbonyl (C=O) groups is 2. The molecule has 0 spiro atoms. The van der Waals surface area contributed by atoms with E-state index in [4.69, 9.17) is 5.73 Å². The van der Waals surface area contributed by atoms with Crippen molar-refractivity contribution in [1.29, 1.82) is 0 Å². The van der Waals surface area contributed by atoms with E-state index in [2.05, 4.69) is 10.6 Å². The van der Waals surface area contributed by atoms with Crippen LogP contribution in [-0.2, 0) is 19.4 Å². The van der Waals surface area contributed by atoms with Crippen molar-refractivity contribution in [2.45, 2.75) is 32.2 Å². The van der Waals surface area contributed by atoms with Crippen molar-refractivity contribution in [2.24, 2.45) is 5.73 Å². The lowest BCUT2D eigenvalue weighted by atomic mass is 9.95. The lowest BCUT2D eigenvalue weighted by molar-refractivity contribution is 0.100. The van der Waals surface area contributed by atoms with E-state index < -0.39 is 5.91 Å². The number of hydrogen-bond acceptors (Lipinski definition) is 3. The normalized spacial score (nSPS) is 13.2. The molecule has 120 valence electrons. The third-order valence-electron chi connectivity index (χ3n) is 3.94. The third kappa shape index (κ3) is 3.53. The fourth-order valence-corrected chi connectivity index (χ4v) is 4.13. The molecule has 0 unspecified atom stereocenters. The van der Waals surface area contributed by atoms with Crippen molar-refractivity contribution in [3.05, 3.63) is 51.9 Å². The van der Waals surface area contributed by atoms with Crippen LogP contribution in [0.1, 0.15) is 39.2 Å². The van der Waals surface area contributed by atoms with Gasteiger partial charge >= 0.3 is 6.03 Å². The van der Waals surface area contributed by atoms with Gasteiger partial charge in [-0.3, -0.25) is 10.1 Å². The molecule has 4 N–H and O–H groups in total. The summed E-state index contributed by atoms with van der Waals surface area (Å²) >= 11 is 1.47. The third-order valence-corrected chi connectivity index (χ3v) is 5.15. The van der Waals surface area contributed by atoms with Gasteiger partial charge in [-0.2, -0.15) is 0 Å². The Bertz CT molecular complexity index is 725. The summed E-state index contributed by atoms with van der Waals surface area (Å²) in [5.41, 5.74) is 8.04. The molecule has 1 aliphatic rings. The number of amides is 3. The van der Waals surface area contributed by atoms with Gasteiger partial charge in [0.05, 0.1) is 5.56 Å². The highest BCUT2D eigenvalue weighted by molar-refractivity contribution is 7.17. The standard InChI is InChI=1S/C17H19N3O2S/c18-15(21)14-12-8-4-5-9-13(12)23-16(14)20-17(22)19-10-11-6-2-1-3-7-11/h1-3,6-7H,4-5,8-10H2,(H2,18,21)(H2,19,20,22). The number of rotatable bonds is 4. The van der Waals surface area contributed by atoms with Crippen LogP contribution in [0.25, 0.3) is 0 Å². The maximum Gasteiger partial charge on any atom is 0.320 e. The molecule has 3 rings (SSSR count). The minimum absolute atomic E-state index is 0.324. The maximum absolute atomic E-state index is 12.1. The van der Waals surface area contributed by atoms with Gasteiger partial charge in [-0.15, -0.1) is 11.3 Å². The van der Waals surface area contributed by atoms with E-state index in [9.17, 15) is 9.59 Å². The molecule has 1 heterocycles. The number of carbonyl (C=O) groups excluding carboxylic acids is 2. The Balaban J connectivity index is 1.71. The van der Waals surface area contributed by atoms with Gasteiger partial charge in [-0.1, -0.05) is 30.3 Å². The molecule has 0 fully saturated rings. The van der Waals surface area contributed by atoms with Gasteiger partial charge in [-0.25, -0.2) is 4.79 Å². The van der Waals surface area contributed by atoms with Gasteiger partial charge in [0.1, 0.15) is 5.00 Å². The van der Waals surface area contributed by atoms with Crippen LogP contribution in [0.4, 0.5) is 9.80 Å². The van der Waals surface area contributed by atoms with Gasteiger partial charge in [0.15, 0.2) is 0 Å². The zero-order valence-electron chi connectivity index (χ0n) is 12.7. The molecule has 6 heteroatoms. The number of primary amides is 1. The Hall–Kier alpha value is -2.34. The van der Waals surface area contributed by atoms with Crippen molar-refractivity contribution in [1.82, 2.24) is 5.32 Å². The first-order valence-corrected chi connectivity index (χ1v) is 8.50. The molecule has 0 aliphatic heterocycles. The monoisotopic (exact) mass is 329 g/mol. The molecule has 0 radical (unpaired) electrons. The van der Waals surface area contributed by atoms with Crippen molar-refractivity contribution in [2.75, 3.05) is 5.32 Å². The molecule has 5 nitrogen and oxygen atoms in total. The second kappa shape index (κ2) is 6.83. The van der Waals surface area contributed by atoms with Gasteiger partial charge in [0.25, 0.3) is 5.91 Å². The summed E-state index contributed by atoms with van der Waals surface area (Å²) in [7, 11) is 0. The summed E-state index contributed by atoms with van der Waals surface area (Å²) < 4.78 is 0. The Morgan fingerprint density at radius 1 is 1.13 bits per heavy atom. The van der Waals surface area contributed by atoms with Crippen LogP contribution in [-0.4, -0.2) is 11.9 Å².